The number of hydrogen-bond donors (Lipinski definition) is 0. The maximum absolute atomic E-state index is 3.99. The SMILES string of the molecule is CC(C)CC(C)/C=C/c1ccncc1. The normalized spacial score (nSPS) is 13.7. The van der Waals surface area contributed by atoms with E-state index in [9.17, 15) is 0 Å². The van der Waals surface area contributed by atoms with Gasteiger partial charge < -0.3 is 0 Å². The molecule has 1 unspecified atom stereocenters. The van der Waals surface area contributed by atoms with Crippen molar-refractivity contribution < 1.29 is 0 Å². The van der Waals surface area contributed by atoms with Gasteiger partial charge in [0.25, 0.3) is 0 Å². The van der Waals surface area contributed by atoms with Crippen LogP contribution in [-0.2, 0) is 0 Å². The first-order chi connectivity index (χ1) is 6.68. The molecule has 0 saturated carbocycles. The van der Waals surface area contributed by atoms with Crippen molar-refractivity contribution in [3.05, 3.63) is 36.2 Å². The van der Waals surface area contributed by atoms with Crippen LogP contribution in [0.25, 0.3) is 6.08 Å². The van der Waals surface area contributed by atoms with Crippen LogP contribution in [0, 0.1) is 11.8 Å². The monoisotopic (exact) mass is 189 g/mol. The molecule has 0 aromatic carbocycles. The molecule has 0 saturated heterocycles. The summed E-state index contributed by atoms with van der Waals surface area (Å²) in [5.41, 5.74) is 1.23. The predicted octanol–water partition coefficient (Wildman–Crippen LogP) is 3.78. The second-order valence-corrected chi connectivity index (χ2v) is 4.25. The second-order valence-electron chi connectivity index (χ2n) is 4.25. The number of allylic oxidation sites excluding steroid dienone is 1. The molecule has 1 aromatic heterocycles. The Bertz CT molecular complexity index is 275. The molecule has 1 rings (SSSR count). The summed E-state index contributed by atoms with van der Waals surface area (Å²) < 4.78 is 0. The number of pyridine rings is 1. The van der Waals surface area contributed by atoms with Crippen molar-refractivity contribution >= 4 is 6.08 Å². The molecule has 1 nitrogen and oxygen atoms in total. The van der Waals surface area contributed by atoms with Gasteiger partial charge in [0.1, 0.15) is 0 Å². The molecule has 0 aliphatic rings. The summed E-state index contributed by atoms with van der Waals surface area (Å²) >= 11 is 0. The quantitative estimate of drug-likeness (QED) is 0.702. The second kappa shape index (κ2) is 5.58. The van der Waals surface area contributed by atoms with Crippen LogP contribution in [-0.4, -0.2) is 4.98 Å². The Kier molecular flexibility index (Phi) is 4.37. The van der Waals surface area contributed by atoms with Crippen molar-refractivity contribution in [3.63, 3.8) is 0 Å². The molecular formula is C13H19N. The lowest BCUT2D eigenvalue weighted by Gasteiger charge is -2.08. The van der Waals surface area contributed by atoms with Crippen LogP contribution in [0.15, 0.2) is 30.6 Å². The molecule has 0 aliphatic carbocycles. The maximum atomic E-state index is 3.99. The first-order valence-electron chi connectivity index (χ1n) is 5.26. The first-order valence-corrected chi connectivity index (χ1v) is 5.26. The van der Waals surface area contributed by atoms with Gasteiger partial charge in [-0.2, -0.15) is 0 Å². The largest absolute Gasteiger partial charge is 0.265 e. The average Bonchev–Trinajstić information content (AvgIpc) is 2.15. The molecule has 0 N–H and O–H groups in total. The summed E-state index contributed by atoms with van der Waals surface area (Å²) in [4.78, 5) is 3.99. The van der Waals surface area contributed by atoms with Gasteiger partial charge in [0.05, 0.1) is 0 Å². The van der Waals surface area contributed by atoms with Crippen molar-refractivity contribution in [3.8, 4) is 0 Å². The number of aromatic nitrogens is 1. The van der Waals surface area contributed by atoms with Crippen LogP contribution in [0.5, 0.6) is 0 Å². The van der Waals surface area contributed by atoms with Gasteiger partial charge in [0.2, 0.25) is 0 Å². The van der Waals surface area contributed by atoms with Crippen molar-refractivity contribution in [1.29, 1.82) is 0 Å². The van der Waals surface area contributed by atoms with Gasteiger partial charge in [-0.15, -0.1) is 0 Å². The lowest BCUT2D eigenvalue weighted by molar-refractivity contribution is 0.504. The molecular weight excluding hydrogens is 170 g/mol. The molecule has 0 spiro atoms. The summed E-state index contributed by atoms with van der Waals surface area (Å²) in [6.45, 7) is 6.78. The highest BCUT2D eigenvalue weighted by Gasteiger charge is 1.99. The van der Waals surface area contributed by atoms with Crippen molar-refractivity contribution in [1.82, 2.24) is 4.98 Å². The fraction of sp³-hybridized carbons (Fsp3) is 0.462. The molecule has 1 heterocycles. The fourth-order valence-electron chi connectivity index (χ4n) is 1.57. The highest BCUT2D eigenvalue weighted by atomic mass is 14.6. The Balaban J connectivity index is 2.48. The van der Waals surface area contributed by atoms with E-state index < -0.39 is 0 Å². The minimum atomic E-state index is 0.656. The van der Waals surface area contributed by atoms with Crippen LogP contribution in [0.1, 0.15) is 32.8 Å². The standard InChI is InChI=1S/C13H19N/c1-11(2)10-12(3)4-5-13-6-8-14-9-7-13/h4-9,11-12H,10H2,1-3H3/b5-4+. The fourth-order valence-corrected chi connectivity index (χ4v) is 1.57. The first kappa shape index (κ1) is 11.0. The molecule has 14 heavy (non-hydrogen) atoms. The molecule has 1 atom stereocenters. The maximum Gasteiger partial charge on any atom is 0.0273 e. The Morgan fingerprint density at radius 1 is 1.21 bits per heavy atom. The number of rotatable bonds is 4. The van der Waals surface area contributed by atoms with Crippen LogP contribution < -0.4 is 0 Å². The highest BCUT2D eigenvalue weighted by molar-refractivity contribution is 5.48. The highest BCUT2D eigenvalue weighted by Crippen LogP contribution is 2.13. The van der Waals surface area contributed by atoms with Gasteiger partial charge in [-0.1, -0.05) is 32.9 Å². The molecule has 0 bridgehead atoms. The van der Waals surface area contributed by atoms with Gasteiger partial charge in [-0.05, 0) is 36.0 Å². The van der Waals surface area contributed by atoms with Gasteiger partial charge in [0.15, 0.2) is 0 Å². The Morgan fingerprint density at radius 2 is 1.86 bits per heavy atom. The molecule has 1 heteroatoms. The molecule has 0 fully saturated rings. The van der Waals surface area contributed by atoms with E-state index in [0.29, 0.717) is 5.92 Å². The van der Waals surface area contributed by atoms with E-state index in [1.165, 1.54) is 12.0 Å². The Labute approximate surface area is 86.9 Å². The molecule has 0 radical (unpaired) electrons. The average molecular weight is 189 g/mol. The van der Waals surface area contributed by atoms with Crippen LogP contribution in [0.2, 0.25) is 0 Å². The Hall–Kier alpha value is -1.11. The minimum absolute atomic E-state index is 0.656. The smallest absolute Gasteiger partial charge is 0.0273 e. The van der Waals surface area contributed by atoms with E-state index in [1.54, 1.807) is 0 Å². The lowest BCUT2D eigenvalue weighted by Crippen LogP contribution is -1.95. The minimum Gasteiger partial charge on any atom is -0.265 e. The van der Waals surface area contributed by atoms with Crippen molar-refractivity contribution in [2.75, 3.05) is 0 Å². The van der Waals surface area contributed by atoms with Crippen LogP contribution >= 0.6 is 0 Å². The van der Waals surface area contributed by atoms with E-state index in [0.717, 1.165) is 5.92 Å². The van der Waals surface area contributed by atoms with Gasteiger partial charge in [-0.3, -0.25) is 4.98 Å². The number of nitrogens with zero attached hydrogens (tertiary/aromatic N) is 1. The third-order valence-electron chi connectivity index (χ3n) is 2.17. The summed E-state index contributed by atoms with van der Waals surface area (Å²) in [5.74, 6) is 1.43. The van der Waals surface area contributed by atoms with Crippen molar-refractivity contribution in [2.24, 2.45) is 11.8 Å². The third kappa shape index (κ3) is 4.22. The zero-order valence-corrected chi connectivity index (χ0v) is 9.27. The Morgan fingerprint density at radius 3 is 2.43 bits per heavy atom. The summed E-state index contributed by atoms with van der Waals surface area (Å²) in [7, 11) is 0. The summed E-state index contributed by atoms with van der Waals surface area (Å²) in [6, 6.07) is 4.05. The molecule has 1 aromatic rings. The van der Waals surface area contributed by atoms with Crippen molar-refractivity contribution in [2.45, 2.75) is 27.2 Å². The van der Waals surface area contributed by atoms with Crippen LogP contribution in [0.4, 0.5) is 0 Å². The van der Waals surface area contributed by atoms with E-state index in [4.69, 9.17) is 0 Å². The van der Waals surface area contributed by atoms with E-state index in [1.807, 2.05) is 24.5 Å². The van der Waals surface area contributed by atoms with E-state index in [-0.39, 0.29) is 0 Å². The van der Waals surface area contributed by atoms with E-state index in [2.05, 4.69) is 37.9 Å². The number of hydrogen-bond acceptors (Lipinski definition) is 1. The lowest BCUT2D eigenvalue weighted by atomic mass is 9.98. The van der Waals surface area contributed by atoms with Gasteiger partial charge in [-0.25, -0.2) is 0 Å². The molecule has 76 valence electrons. The summed E-state index contributed by atoms with van der Waals surface area (Å²) in [6.07, 6.45) is 9.35. The third-order valence-corrected chi connectivity index (χ3v) is 2.17. The zero-order chi connectivity index (χ0) is 10.4. The summed E-state index contributed by atoms with van der Waals surface area (Å²) in [5, 5.41) is 0. The van der Waals surface area contributed by atoms with E-state index >= 15 is 0 Å². The predicted molar refractivity (Wildman–Crippen MR) is 61.9 cm³/mol. The van der Waals surface area contributed by atoms with Gasteiger partial charge >= 0.3 is 0 Å². The molecule has 0 amide bonds. The van der Waals surface area contributed by atoms with Gasteiger partial charge in [0, 0.05) is 12.4 Å². The molecule has 0 aliphatic heterocycles. The topological polar surface area (TPSA) is 12.9 Å². The zero-order valence-electron chi connectivity index (χ0n) is 9.27. The van der Waals surface area contributed by atoms with Crippen LogP contribution in [0.3, 0.4) is 0 Å².